The lowest BCUT2D eigenvalue weighted by atomic mass is 10.2. The molecule has 0 aliphatic heterocycles. The minimum absolute atomic E-state index is 0.0439. The number of rotatable bonds is 5. The quantitative estimate of drug-likeness (QED) is 0.885. The number of hydrogen-bond acceptors (Lipinski definition) is 3. The molecule has 2 aromatic carbocycles. The SMILES string of the molecule is NCc1cc(S(=O)(=O)NCc2ccccc2)cc(F)c1Cl. The lowest BCUT2D eigenvalue weighted by molar-refractivity contribution is 0.577. The van der Waals surface area contributed by atoms with Gasteiger partial charge in [0.15, 0.2) is 0 Å². The van der Waals surface area contributed by atoms with E-state index in [-0.39, 0.29) is 28.6 Å². The van der Waals surface area contributed by atoms with E-state index in [0.29, 0.717) is 0 Å². The van der Waals surface area contributed by atoms with Gasteiger partial charge in [-0.25, -0.2) is 17.5 Å². The fourth-order valence-corrected chi connectivity index (χ4v) is 3.05. The third-order valence-electron chi connectivity index (χ3n) is 2.92. The van der Waals surface area contributed by atoms with Crippen LogP contribution in [0.5, 0.6) is 0 Å². The van der Waals surface area contributed by atoms with E-state index in [0.717, 1.165) is 11.6 Å². The van der Waals surface area contributed by atoms with Crippen LogP contribution in [0.2, 0.25) is 5.02 Å². The van der Waals surface area contributed by atoms with Gasteiger partial charge in [-0.2, -0.15) is 0 Å². The molecule has 112 valence electrons. The average Bonchev–Trinajstić information content (AvgIpc) is 2.49. The van der Waals surface area contributed by atoms with E-state index in [2.05, 4.69) is 4.72 Å². The zero-order valence-corrected chi connectivity index (χ0v) is 12.6. The molecule has 2 rings (SSSR count). The maximum absolute atomic E-state index is 13.6. The molecular weight excluding hydrogens is 315 g/mol. The zero-order valence-electron chi connectivity index (χ0n) is 11.0. The number of halogens is 2. The van der Waals surface area contributed by atoms with E-state index in [4.69, 9.17) is 17.3 Å². The van der Waals surface area contributed by atoms with Gasteiger partial charge in [-0.15, -0.1) is 0 Å². The van der Waals surface area contributed by atoms with E-state index in [1.165, 1.54) is 6.07 Å². The number of sulfonamides is 1. The Labute approximate surface area is 127 Å². The second-order valence-electron chi connectivity index (χ2n) is 4.39. The first-order valence-electron chi connectivity index (χ1n) is 6.15. The standard InChI is InChI=1S/C14H14ClFN2O2S/c15-14-11(8-17)6-12(7-13(14)16)21(19,20)18-9-10-4-2-1-3-5-10/h1-7,18H,8-9,17H2. The van der Waals surface area contributed by atoms with Gasteiger partial charge < -0.3 is 5.73 Å². The topological polar surface area (TPSA) is 72.2 Å². The highest BCUT2D eigenvalue weighted by Gasteiger charge is 2.18. The van der Waals surface area contributed by atoms with Crippen molar-refractivity contribution in [1.82, 2.24) is 4.72 Å². The van der Waals surface area contributed by atoms with Crippen LogP contribution in [0.15, 0.2) is 47.4 Å². The van der Waals surface area contributed by atoms with E-state index in [1.54, 1.807) is 24.3 Å². The van der Waals surface area contributed by atoms with Crippen molar-refractivity contribution in [1.29, 1.82) is 0 Å². The monoisotopic (exact) mass is 328 g/mol. The highest BCUT2D eigenvalue weighted by atomic mass is 35.5. The fourth-order valence-electron chi connectivity index (χ4n) is 1.78. The average molecular weight is 329 g/mol. The Morgan fingerprint density at radius 3 is 2.48 bits per heavy atom. The Bertz CT molecular complexity index is 736. The fraction of sp³-hybridized carbons (Fsp3) is 0.143. The molecule has 2 aromatic rings. The minimum Gasteiger partial charge on any atom is -0.326 e. The van der Waals surface area contributed by atoms with Crippen LogP contribution in [0.25, 0.3) is 0 Å². The van der Waals surface area contributed by atoms with Crippen molar-refractivity contribution in [3.05, 3.63) is 64.4 Å². The highest BCUT2D eigenvalue weighted by Crippen LogP contribution is 2.24. The molecule has 0 atom stereocenters. The first-order chi connectivity index (χ1) is 9.94. The van der Waals surface area contributed by atoms with Crippen LogP contribution in [0, 0.1) is 5.82 Å². The Morgan fingerprint density at radius 2 is 1.86 bits per heavy atom. The number of nitrogens with two attached hydrogens (primary N) is 1. The maximum atomic E-state index is 13.6. The first-order valence-corrected chi connectivity index (χ1v) is 8.01. The molecule has 3 N–H and O–H groups in total. The summed E-state index contributed by atoms with van der Waals surface area (Å²) in [6, 6.07) is 11.2. The molecule has 0 fully saturated rings. The van der Waals surface area contributed by atoms with Crippen LogP contribution < -0.4 is 10.5 Å². The summed E-state index contributed by atoms with van der Waals surface area (Å²) in [5.41, 5.74) is 6.48. The molecule has 0 saturated heterocycles. The normalized spacial score (nSPS) is 11.6. The van der Waals surface area contributed by atoms with Gasteiger partial charge >= 0.3 is 0 Å². The Hall–Kier alpha value is -1.47. The van der Waals surface area contributed by atoms with Gasteiger partial charge in [0, 0.05) is 13.1 Å². The van der Waals surface area contributed by atoms with Crippen LogP contribution in [-0.2, 0) is 23.1 Å². The van der Waals surface area contributed by atoms with E-state index < -0.39 is 15.8 Å². The summed E-state index contributed by atoms with van der Waals surface area (Å²) < 4.78 is 40.4. The van der Waals surface area contributed by atoms with Crippen LogP contribution in [0.3, 0.4) is 0 Å². The third-order valence-corrected chi connectivity index (χ3v) is 4.72. The Kier molecular flexibility index (Phi) is 4.95. The van der Waals surface area contributed by atoms with Crippen molar-refractivity contribution in [3.8, 4) is 0 Å². The summed E-state index contributed by atoms with van der Waals surface area (Å²) in [5.74, 6) is -0.806. The number of hydrogen-bond donors (Lipinski definition) is 2. The molecule has 0 aliphatic carbocycles. The molecule has 21 heavy (non-hydrogen) atoms. The van der Waals surface area contributed by atoms with E-state index >= 15 is 0 Å². The van der Waals surface area contributed by atoms with Crippen molar-refractivity contribution >= 4 is 21.6 Å². The highest BCUT2D eigenvalue weighted by molar-refractivity contribution is 7.89. The van der Waals surface area contributed by atoms with Gasteiger partial charge in [0.2, 0.25) is 10.0 Å². The van der Waals surface area contributed by atoms with Crippen LogP contribution in [0.1, 0.15) is 11.1 Å². The molecule has 4 nitrogen and oxygen atoms in total. The van der Waals surface area contributed by atoms with Crippen LogP contribution in [0.4, 0.5) is 4.39 Å². The molecule has 0 bridgehead atoms. The summed E-state index contributed by atoms with van der Waals surface area (Å²) in [6.45, 7) is 0.0726. The van der Waals surface area contributed by atoms with Crippen molar-refractivity contribution < 1.29 is 12.8 Å². The lowest BCUT2D eigenvalue weighted by Crippen LogP contribution is -2.23. The van der Waals surface area contributed by atoms with Gasteiger partial charge in [-0.1, -0.05) is 41.9 Å². The molecule has 0 amide bonds. The van der Waals surface area contributed by atoms with Gasteiger partial charge in [-0.05, 0) is 23.3 Å². The summed E-state index contributed by atoms with van der Waals surface area (Å²) >= 11 is 5.72. The van der Waals surface area contributed by atoms with E-state index in [1.807, 2.05) is 6.07 Å². The Morgan fingerprint density at radius 1 is 1.19 bits per heavy atom. The summed E-state index contributed by atoms with van der Waals surface area (Å²) in [6.07, 6.45) is 0. The van der Waals surface area contributed by atoms with Gasteiger partial charge in [0.25, 0.3) is 0 Å². The number of nitrogens with one attached hydrogen (secondary N) is 1. The maximum Gasteiger partial charge on any atom is 0.240 e. The zero-order chi connectivity index (χ0) is 15.5. The van der Waals surface area contributed by atoms with Gasteiger partial charge in [0.05, 0.1) is 9.92 Å². The Balaban J connectivity index is 2.25. The predicted molar refractivity (Wildman–Crippen MR) is 79.8 cm³/mol. The minimum atomic E-state index is -3.83. The molecule has 0 heterocycles. The summed E-state index contributed by atoms with van der Waals surface area (Å²) in [7, 11) is -3.83. The van der Waals surface area contributed by atoms with Crippen molar-refractivity contribution in [3.63, 3.8) is 0 Å². The molecule has 0 spiro atoms. The molecule has 0 radical (unpaired) electrons. The first kappa shape index (κ1) is 15.9. The van der Waals surface area contributed by atoms with Crippen molar-refractivity contribution in [2.75, 3.05) is 0 Å². The summed E-state index contributed by atoms with van der Waals surface area (Å²) in [4.78, 5) is -0.194. The summed E-state index contributed by atoms with van der Waals surface area (Å²) in [5, 5.41) is -0.153. The smallest absolute Gasteiger partial charge is 0.240 e. The molecular formula is C14H14ClFN2O2S. The van der Waals surface area contributed by atoms with Crippen molar-refractivity contribution in [2.24, 2.45) is 5.73 Å². The number of benzene rings is 2. The molecule has 0 unspecified atom stereocenters. The predicted octanol–water partition coefficient (Wildman–Crippen LogP) is 2.42. The van der Waals surface area contributed by atoms with Crippen molar-refractivity contribution in [2.45, 2.75) is 18.0 Å². The van der Waals surface area contributed by atoms with Crippen LogP contribution >= 0.6 is 11.6 Å². The third kappa shape index (κ3) is 3.79. The second kappa shape index (κ2) is 6.53. The van der Waals surface area contributed by atoms with Gasteiger partial charge in [0.1, 0.15) is 5.82 Å². The van der Waals surface area contributed by atoms with E-state index in [9.17, 15) is 12.8 Å². The molecule has 0 saturated carbocycles. The lowest BCUT2D eigenvalue weighted by Gasteiger charge is -2.10. The van der Waals surface area contributed by atoms with Crippen LogP contribution in [-0.4, -0.2) is 8.42 Å². The second-order valence-corrected chi connectivity index (χ2v) is 6.54. The molecule has 0 aromatic heterocycles. The molecule has 0 aliphatic rings. The van der Waals surface area contributed by atoms with Gasteiger partial charge in [-0.3, -0.25) is 0 Å². The largest absolute Gasteiger partial charge is 0.326 e. The molecule has 7 heteroatoms.